The summed E-state index contributed by atoms with van der Waals surface area (Å²) in [6, 6.07) is 6.90. The molecule has 0 saturated heterocycles. The third kappa shape index (κ3) is 3.08. The maximum atomic E-state index is 12.3. The third-order valence-electron chi connectivity index (χ3n) is 3.34. The second-order valence-corrected chi connectivity index (χ2v) is 7.82. The van der Waals surface area contributed by atoms with Crippen LogP contribution in [0.4, 0.5) is 11.4 Å². The zero-order chi connectivity index (χ0) is 15.7. The number of hydrogen-bond acceptors (Lipinski definition) is 5. The summed E-state index contributed by atoms with van der Waals surface area (Å²) in [6.07, 6.45) is 0. The second-order valence-electron chi connectivity index (χ2n) is 4.99. The first-order valence-electron chi connectivity index (χ1n) is 6.58. The highest BCUT2D eigenvalue weighted by atomic mass is 32.2. The smallest absolute Gasteiger partial charge is 0.262 e. The van der Waals surface area contributed by atoms with Crippen LogP contribution in [0.3, 0.4) is 0 Å². The molecule has 22 heavy (non-hydrogen) atoms. The van der Waals surface area contributed by atoms with E-state index in [0.29, 0.717) is 17.5 Å². The highest BCUT2D eigenvalue weighted by molar-refractivity contribution is 7.92. The van der Waals surface area contributed by atoms with E-state index < -0.39 is 10.0 Å². The summed E-state index contributed by atoms with van der Waals surface area (Å²) in [6.45, 7) is 2.46. The molecule has 1 aliphatic rings. The molecule has 2 N–H and O–H groups in total. The van der Waals surface area contributed by atoms with Crippen molar-refractivity contribution in [2.45, 2.75) is 17.7 Å². The average molecular weight is 354 g/mol. The minimum Gasteiger partial charge on any atom is -0.470 e. The molecular formula is C14H14N2O3S3. The van der Waals surface area contributed by atoms with E-state index in [2.05, 4.69) is 10.0 Å². The lowest BCUT2D eigenvalue weighted by Crippen LogP contribution is -2.13. The van der Waals surface area contributed by atoms with Crippen molar-refractivity contribution < 1.29 is 13.2 Å². The van der Waals surface area contributed by atoms with Gasteiger partial charge in [-0.15, -0.1) is 0 Å². The Bertz CT molecular complexity index is 801. The fourth-order valence-electron chi connectivity index (χ4n) is 2.20. The van der Waals surface area contributed by atoms with Crippen LogP contribution in [0.5, 0.6) is 0 Å². The number of thiocarbonyl (C=S) groups is 1. The molecule has 0 saturated carbocycles. The van der Waals surface area contributed by atoms with Gasteiger partial charge in [0.05, 0.1) is 11.5 Å². The molecule has 0 radical (unpaired) electrons. The summed E-state index contributed by atoms with van der Waals surface area (Å²) in [4.78, 5) is 0.267. The van der Waals surface area contributed by atoms with Crippen molar-refractivity contribution >= 4 is 50.1 Å². The molecule has 0 aliphatic carbocycles. The number of thiophene rings is 1. The number of benzene rings is 1. The summed E-state index contributed by atoms with van der Waals surface area (Å²) >= 11 is 6.40. The first kappa shape index (κ1) is 15.3. The van der Waals surface area contributed by atoms with E-state index in [-0.39, 0.29) is 10.8 Å². The largest absolute Gasteiger partial charge is 0.470 e. The van der Waals surface area contributed by atoms with Crippen molar-refractivity contribution in [3.05, 3.63) is 40.6 Å². The molecule has 3 rings (SSSR count). The predicted octanol–water partition coefficient (Wildman–Crippen LogP) is 3.38. The van der Waals surface area contributed by atoms with Crippen LogP contribution in [-0.4, -0.2) is 20.2 Å². The number of hydrogen-bond donors (Lipinski definition) is 2. The normalized spacial score (nSPS) is 17.9. The van der Waals surface area contributed by atoms with E-state index in [1.54, 1.807) is 29.0 Å². The molecule has 0 fully saturated rings. The first-order chi connectivity index (χ1) is 10.5. The maximum absolute atomic E-state index is 12.3. The van der Waals surface area contributed by atoms with E-state index in [4.69, 9.17) is 17.0 Å². The Labute approximate surface area is 138 Å². The zero-order valence-corrected chi connectivity index (χ0v) is 14.1. The molecule has 0 bridgehead atoms. The summed E-state index contributed by atoms with van der Waals surface area (Å²) in [5, 5.41) is 6.67. The Morgan fingerprint density at radius 2 is 2.23 bits per heavy atom. The van der Waals surface area contributed by atoms with E-state index in [0.717, 1.165) is 11.3 Å². The molecule has 1 aliphatic heterocycles. The Morgan fingerprint density at radius 1 is 1.41 bits per heavy atom. The van der Waals surface area contributed by atoms with Crippen molar-refractivity contribution in [2.24, 2.45) is 0 Å². The van der Waals surface area contributed by atoms with E-state index >= 15 is 0 Å². The molecule has 1 aromatic heterocycles. The summed E-state index contributed by atoms with van der Waals surface area (Å²) < 4.78 is 32.5. The van der Waals surface area contributed by atoms with Gasteiger partial charge in [0.1, 0.15) is 0 Å². The Morgan fingerprint density at radius 3 is 2.95 bits per heavy atom. The lowest BCUT2D eigenvalue weighted by atomic mass is 10.00. The second kappa shape index (κ2) is 5.86. The van der Waals surface area contributed by atoms with Crippen molar-refractivity contribution in [1.29, 1.82) is 0 Å². The topological polar surface area (TPSA) is 67.4 Å². The quantitative estimate of drug-likeness (QED) is 0.827. The van der Waals surface area contributed by atoms with Gasteiger partial charge in [-0.1, -0.05) is 6.92 Å². The fourth-order valence-corrected chi connectivity index (χ4v) is 4.46. The molecule has 2 aromatic rings. The average Bonchev–Trinajstić information content (AvgIpc) is 2.97. The molecule has 1 unspecified atom stereocenters. The van der Waals surface area contributed by atoms with Gasteiger partial charge >= 0.3 is 0 Å². The first-order valence-corrected chi connectivity index (χ1v) is 9.42. The molecule has 0 amide bonds. The molecule has 2 heterocycles. The summed E-state index contributed by atoms with van der Waals surface area (Å²) in [7, 11) is -3.55. The molecule has 1 aromatic carbocycles. The molecular weight excluding hydrogens is 340 g/mol. The minimum absolute atomic E-state index is 0.105. The van der Waals surface area contributed by atoms with Crippen LogP contribution in [-0.2, 0) is 14.8 Å². The molecule has 0 spiro atoms. The fraction of sp³-hybridized carbons (Fsp3) is 0.214. The molecule has 8 heteroatoms. The standard InChI is InChI=1S/C14H14N2O3S3/c1-9-7-19-14(20)15-13-3-2-10(6-12(9)13)16-22(17,18)11-4-5-21-8-11/h2-6,8-9,16H,7H2,1H3,(H,15,20). The predicted molar refractivity (Wildman–Crippen MR) is 92.2 cm³/mol. The number of sulfonamides is 1. The van der Waals surface area contributed by atoms with Gasteiger partial charge in [0, 0.05) is 22.7 Å². The lowest BCUT2D eigenvalue weighted by Gasteiger charge is -2.14. The van der Waals surface area contributed by atoms with Crippen molar-refractivity contribution in [3.63, 3.8) is 0 Å². The number of anilines is 2. The van der Waals surface area contributed by atoms with Crippen molar-refractivity contribution in [2.75, 3.05) is 16.6 Å². The maximum Gasteiger partial charge on any atom is 0.262 e. The Balaban J connectivity index is 1.92. The molecule has 116 valence electrons. The van der Waals surface area contributed by atoms with Crippen LogP contribution < -0.4 is 10.0 Å². The van der Waals surface area contributed by atoms with Crippen LogP contribution in [0, 0.1) is 0 Å². The highest BCUT2D eigenvalue weighted by Crippen LogP contribution is 2.31. The van der Waals surface area contributed by atoms with Gasteiger partial charge in [0.25, 0.3) is 15.2 Å². The van der Waals surface area contributed by atoms with Crippen LogP contribution >= 0.6 is 23.6 Å². The van der Waals surface area contributed by atoms with Gasteiger partial charge in [-0.3, -0.25) is 4.72 Å². The highest BCUT2D eigenvalue weighted by Gasteiger charge is 2.20. The van der Waals surface area contributed by atoms with Gasteiger partial charge in [-0.25, -0.2) is 8.42 Å². The van der Waals surface area contributed by atoms with Gasteiger partial charge in [-0.2, -0.15) is 11.3 Å². The molecule has 5 nitrogen and oxygen atoms in total. The van der Waals surface area contributed by atoms with Crippen molar-refractivity contribution in [1.82, 2.24) is 0 Å². The monoisotopic (exact) mass is 354 g/mol. The number of fused-ring (bicyclic) bond motifs is 1. The number of nitrogens with one attached hydrogen (secondary N) is 2. The Hall–Kier alpha value is -1.64. The van der Waals surface area contributed by atoms with Crippen LogP contribution in [0.1, 0.15) is 18.4 Å². The lowest BCUT2D eigenvalue weighted by molar-refractivity contribution is 0.294. The number of ether oxygens (including phenoxy) is 1. The number of rotatable bonds is 3. The van der Waals surface area contributed by atoms with E-state index in [1.807, 2.05) is 13.0 Å². The van der Waals surface area contributed by atoms with Crippen molar-refractivity contribution in [3.8, 4) is 0 Å². The van der Waals surface area contributed by atoms with Gasteiger partial charge < -0.3 is 10.1 Å². The summed E-state index contributed by atoms with van der Waals surface area (Å²) in [5.41, 5.74) is 2.32. The third-order valence-corrected chi connectivity index (χ3v) is 5.77. The van der Waals surface area contributed by atoms with Gasteiger partial charge in [0.2, 0.25) is 0 Å². The SMILES string of the molecule is CC1COC(=S)Nc2ccc(NS(=O)(=O)c3ccsc3)cc21. The van der Waals surface area contributed by atoms with E-state index in [1.165, 1.54) is 11.3 Å². The van der Waals surface area contributed by atoms with E-state index in [9.17, 15) is 8.42 Å². The van der Waals surface area contributed by atoms with Crippen LogP contribution in [0.25, 0.3) is 0 Å². The summed E-state index contributed by atoms with van der Waals surface area (Å²) in [5.74, 6) is 0.105. The van der Waals surface area contributed by atoms with Gasteiger partial charge in [-0.05, 0) is 47.4 Å². The van der Waals surface area contributed by atoms with Crippen LogP contribution in [0.15, 0.2) is 39.9 Å². The van der Waals surface area contributed by atoms with Gasteiger partial charge in [0.15, 0.2) is 0 Å². The Kier molecular flexibility index (Phi) is 4.07. The van der Waals surface area contributed by atoms with Crippen LogP contribution in [0.2, 0.25) is 0 Å². The zero-order valence-electron chi connectivity index (χ0n) is 11.7. The molecule has 1 atom stereocenters. The minimum atomic E-state index is -3.55.